The standard InChI is InChI=1S/C10H11ClN4O/c11-7-2-1-3-8(6-7)14-10(16)15-9-12-4-5-13-9/h1-3,6H,4-5H2,(H3,12,13,14,15,16). The van der Waals surface area contributed by atoms with Gasteiger partial charge in [-0.05, 0) is 18.2 Å². The Morgan fingerprint density at radius 1 is 1.38 bits per heavy atom. The normalized spacial score (nSPS) is 13.9. The van der Waals surface area contributed by atoms with E-state index in [1.165, 1.54) is 0 Å². The first-order valence-corrected chi connectivity index (χ1v) is 5.25. The quantitative estimate of drug-likeness (QED) is 0.693. The number of halogens is 1. The molecule has 0 bridgehead atoms. The van der Waals surface area contributed by atoms with Gasteiger partial charge in [0.1, 0.15) is 0 Å². The summed E-state index contributed by atoms with van der Waals surface area (Å²) in [5.41, 5.74) is 0.625. The minimum Gasteiger partial charge on any atom is -0.354 e. The number of carbonyl (C=O) groups is 1. The van der Waals surface area contributed by atoms with Gasteiger partial charge in [-0.25, -0.2) is 4.79 Å². The van der Waals surface area contributed by atoms with Crippen LogP contribution >= 0.6 is 11.6 Å². The van der Waals surface area contributed by atoms with Gasteiger partial charge in [-0.2, -0.15) is 4.99 Å². The number of guanidine groups is 1. The number of nitrogens with one attached hydrogen (secondary N) is 3. The third-order valence-electron chi connectivity index (χ3n) is 2.00. The molecule has 1 heterocycles. The minimum atomic E-state index is -0.431. The Morgan fingerprint density at radius 3 is 2.81 bits per heavy atom. The molecular formula is C10H11ClN4O. The second-order valence-electron chi connectivity index (χ2n) is 3.25. The van der Waals surface area contributed by atoms with Crippen molar-refractivity contribution < 1.29 is 4.79 Å². The SMILES string of the molecule is O=C(N=C1NCCN1)Nc1cccc(Cl)c1. The molecule has 1 aliphatic rings. The van der Waals surface area contributed by atoms with E-state index in [0.29, 0.717) is 16.7 Å². The van der Waals surface area contributed by atoms with Crippen LogP contribution in [0.25, 0.3) is 0 Å². The van der Waals surface area contributed by atoms with Crippen molar-refractivity contribution in [3.05, 3.63) is 29.3 Å². The van der Waals surface area contributed by atoms with E-state index in [9.17, 15) is 4.79 Å². The first-order chi connectivity index (χ1) is 7.74. The van der Waals surface area contributed by atoms with E-state index < -0.39 is 6.03 Å². The Morgan fingerprint density at radius 2 is 2.12 bits per heavy atom. The fourth-order valence-electron chi connectivity index (χ4n) is 1.32. The second-order valence-corrected chi connectivity index (χ2v) is 3.69. The molecule has 2 rings (SSSR count). The first-order valence-electron chi connectivity index (χ1n) is 4.87. The third kappa shape index (κ3) is 2.87. The van der Waals surface area contributed by atoms with Gasteiger partial charge in [0.05, 0.1) is 0 Å². The number of benzene rings is 1. The highest BCUT2D eigenvalue weighted by Crippen LogP contribution is 2.14. The first kappa shape index (κ1) is 10.8. The van der Waals surface area contributed by atoms with Crippen LogP contribution in [0.1, 0.15) is 0 Å². The van der Waals surface area contributed by atoms with E-state index in [-0.39, 0.29) is 0 Å². The topological polar surface area (TPSA) is 65.5 Å². The lowest BCUT2D eigenvalue weighted by atomic mass is 10.3. The van der Waals surface area contributed by atoms with Gasteiger partial charge in [0.25, 0.3) is 0 Å². The molecular weight excluding hydrogens is 228 g/mol. The van der Waals surface area contributed by atoms with E-state index >= 15 is 0 Å². The molecule has 1 aliphatic heterocycles. The van der Waals surface area contributed by atoms with Gasteiger partial charge < -0.3 is 16.0 Å². The van der Waals surface area contributed by atoms with Crippen molar-refractivity contribution in [3.63, 3.8) is 0 Å². The molecule has 1 aromatic carbocycles. The molecule has 3 N–H and O–H groups in total. The second kappa shape index (κ2) is 4.85. The number of hydrogen-bond acceptors (Lipinski definition) is 1. The molecule has 0 aromatic heterocycles. The zero-order chi connectivity index (χ0) is 11.4. The molecule has 84 valence electrons. The summed E-state index contributed by atoms with van der Waals surface area (Å²) in [5.74, 6) is 0.500. The number of rotatable bonds is 1. The Balaban J connectivity index is 1.99. The molecule has 0 aliphatic carbocycles. The fourth-order valence-corrected chi connectivity index (χ4v) is 1.51. The van der Waals surface area contributed by atoms with Gasteiger partial charge >= 0.3 is 6.03 Å². The van der Waals surface area contributed by atoms with Crippen molar-refractivity contribution in [2.75, 3.05) is 18.4 Å². The smallest absolute Gasteiger partial charge is 0.348 e. The number of urea groups is 1. The van der Waals surface area contributed by atoms with Crippen LogP contribution < -0.4 is 16.0 Å². The highest BCUT2D eigenvalue weighted by atomic mass is 35.5. The van der Waals surface area contributed by atoms with Gasteiger partial charge in [-0.3, -0.25) is 0 Å². The summed E-state index contributed by atoms with van der Waals surface area (Å²) < 4.78 is 0. The summed E-state index contributed by atoms with van der Waals surface area (Å²) in [7, 11) is 0. The molecule has 0 radical (unpaired) electrons. The fraction of sp³-hybridized carbons (Fsp3) is 0.200. The zero-order valence-corrected chi connectivity index (χ0v) is 9.21. The number of anilines is 1. The van der Waals surface area contributed by atoms with E-state index in [4.69, 9.17) is 11.6 Å². The van der Waals surface area contributed by atoms with Crippen molar-refractivity contribution in [1.82, 2.24) is 10.6 Å². The lowest BCUT2D eigenvalue weighted by molar-refractivity contribution is 0.259. The van der Waals surface area contributed by atoms with Crippen LogP contribution in [0.4, 0.5) is 10.5 Å². The Bertz CT molecular complexity index is 425. The van der Waals surface area contributed by atoms with E-state index in [1.54, 1.807) is 24.3 Å². The Labute approximate surface area is 97.9 Å². The molecule has 6 heteroatoms. The van der Waals surface area contributed by atoms with Crippen molar-refractivity contribution in [3.8, 4) is 0 Å². The van der Waals surface area contributed by atoms with Gasteiger partial charge in [-0.15, -0.1) is 0 Å². The molecule has 0 unspecified atom stereocenters. The molecule has 16 heavy (non-hydrogen) atoms. The summed E-state index contributed by atoms with van der Waals surface area (Å²) in [6.45, 7) is 1.56. The van der Waals surface area contributed by atoms with Crippen LogP contribution in [0, 0.1) is 0 Å². The maximum Gasteiger partial charge on any atom is 0.348 e. The van der Waals surface area contributed by atoms with Crippen molar-refractivity contribution >= 4 is 29.3 Å². The van der Waals surface area contributed by atoms with E-state index in [1.807, 2.05) is 0 Å². The van der Waals surface area contributed by atoms with E-state index in [0.717, 1.165) is 13.1 Å². The van der Waals surface area contributed by atoms with Crippen LogP contribution in [-0.2, 0) is 0 Å². The molecule has 0 atom stereocenters. The zero-order valence-electron chi connectivity index (χ0n) is 8.46. The van der Waals surface area contributed by atoms with Gasteiger partial charge in [-0.1, -0.05) is 17.7 Å². The Kier molecular flexibility index (Phi) is 3.26. The Hall–Kier alpha value is -1.75. The summed E-state index contributed by atoms with van der Waals surface area (Å²) in [5, 5.41) is 9.06. The molecule has 5 nitrogen and oxygen atoms in total. The largest absolute Gasteiger partial charge is 0.354 e. The van der Waals surface area contributed by atoms with E-state index in [2.05, 4.69) is 20.9 Å². The van der Waals surface area contributed by atoms with Crippen LogP contribution in [0.15, 0.2) is 29.3 Å². The summed E-state index contributed by atoms with van der Waals surface area (Å²) in [6.07, 6.45) is 0. The summed E-state index contributed by atoms with van der Waals surface area (Å²) in [4.78, 5) is 15.3. The van der Waals surface area contributed by atoms with Gasteiger partial charge in [0.2, 0.25) is 5.96 Å². The number of carbonyl (C=O) groups excluding carboxylic acids is 1. The highest BCUT2D eigenvalue weighted by Gasteiger charge is 2.08. The highest BCUT2D eigenvalue weighted by molar-refractivity contribution is 6.30. The van der Waals surface area contributed by atoms with Crippen molar-refractivity contribution in [1.29, 1.82) is 0 Å². The molecule has 1 saturated heterocycles. The number of amides is 2. The average Bonchev–Trinajstić information content (AvgIpc) is 2.70. The molecule has 0 saturated carbocycles. The van der Waals surface area contributed by atoms with Crippen molar-refractivity contribution in [2.45, 2.75) is 0 Å². The number of aliphatic imine (C=N–C) groups is 1. The predicted molar refractivity (Wildman–Crippen MR) is 63.9 cm³/mol. The summed E-state index contributed by atoms with van der Waals surface area (Å²) in [6, 6.07) is 6.48. The molecule has 1 aromatic rings. The molecule has 0 spiro atoms. The lowest BCUT2D eigenvalue weighted by Gasteiger charge is -2.02. The van der Waals surface area contributed by atoms with Crippen LogP contribution in [0.5, 0.6) is 0 Å². The molecule has 1 fully saturated rings. The third-order valence-corrected chi connectivity index (χ3v) is 2.23. The predicted octanol–water partition coefficient (Wildman–Crippen LogP) is 1.42. The van der Waals surface area contributed by atoms with Crippen LogP contribution in [-0.4, -0.2) is 25.1 Å². The maximum atomic E-state index is 11.5. The number of nitrogens with zero attached hydrogens (tertiary/aromatic N) is 1. The summed E-state index contributed by atoms with van der Waals surface area (Å²) >= 11 is 5.79. The average molecular weight is 239 g/mol. The van der Waals surface area contributed by atoms with Gasteiger partial charge in [0.15, 0.2) is 0 Å². The van der Waals surface area contributed by atoms with Crippen molar-refractivity contribution in [2.24, 2.45) is 4.99 Å². The van der Waals surface area contributed by atoms with Crippen LogP contribution in [0.3, 0.4) is 0 Å². The van der Waals surface area contributed by atoms with Gasteiger partial charge in [0, 0.05) is 23.8 Å². The number of hydrogen-bond donors (Lipinski definition) is 3. The maximum absolute atomic E-state index is 11.5. The lowest BCUT2D eigenvalue weighted by Crippen LogP contribution is -2.26. The van der Waals surface area contributed by atoms with Crippen LogP contribution in [0.2, 0.25) is 5.02 Å². The monoisotopic (exact) mass is 238 g/mol. The minimum absolute atomic E-state index is 0.431. The molecule has 2 amide bonds.